The van der Waals surface area contributed by atoms with Gasteiger partial charge in [0.25, 0.3) is 0 Å². The number of fused-ring (bicyclic) bond motifs is 3. The van der Waals surface area contributed by atoms with Gasteiger partial charge in [-0.15, -0.1) is 0 Å². The normalized spacial score (nSPS) is 17.6. The minimum atomic E-state index is 0.431. The van der Waals surface area contributed by atoms with Gasteiger partial charge in [0, 0.05) is 54.5 Å². The van der Waals surface area contributed by atoms with E-state index in [2.05, 4.69) is 58.8 Å². The van der Waals surface area contributed by atoms with Gasteiger partial charge in [-0.3, -0.25) is 9.88 Å². The number of nitrogens with zero attached hydrogens (tertiary/aromatic N) is 3. The number of ether oxygens (including phenoxy) is 1. The van der Waals surface area contributed by atoms with E-state index in [1.54, 1.807) is 7.11 Å². The molecule has 4 heteroatoms. The molecule has 130 valence electrons. The van der Waals surface area contributed by atoms with Crippen LogP contribution in [0.2, 0.25) is 0 Å². The molecule has 1 atom stereocenters. The minimum absolute atomic E-state index is 0.431. The number of likely N-dealkylation sites (N-methyl/N-ethyl adjacent to an activating group) is 1. The minimum Gasteiger partial charge on any atom is -0.497 e. The summed E-state index contributed by atoms with van der Waals surface area (Å²) in [6.07, 6.45) is 5.87. The molecule has 0 amide bonds. The molecule has 4 nitrogen and oxygen atoms in total. The Balaban J connectivity index is 1.80. The van der Waals surface area contributed by atoms with Gasteiger partial charge in [0.2, 0.25) is 0 Å². The van der Waals surface area contributed by atoms with Crippen LogP contribution >= 0.6 is 0 Å². The Kier molecular flexibility index (Phi) is 4.22. The first-order chi connectivity index (χ1) is 12.2. The number of benzene rings is 1. The van der Waals surface area contributed by atoms with Gasteiger partial charge in [-0.1, -0.05) is 0 Å². The third kappa shape index (κ3) is 2.81. The van der Waals surface area contributed by atoms with Crippen molar-refractivity contribution in [3.63, 3.8) is 0 Å². The van der Waals surface area contributed by atoms with Crippen LogP contribution in [0.3, 0.4) is 0 Å². The first kappa shape index (κ1) is 16.2. The van der Waals surface area contributed by atoms with E-state index in [4.69, 9.17) is 4.74 Å². The van der Waals surface area contributed by atoms with Gasteiger partial charge in [0.05, 0.1) is 7.11 Å². The van der Waals surface area contributed by atoms with Gasteiger partial charge in [-0.2, -0.15) is 0 Å². The second kappa shape index (κ2) is 6.52. The second-order valence-corrected chi connectivity index (χ2v) is 6.91. The van der Waals surface area contributed by atoms with Crippen LogP contribution in [-0.2, 0) is 19.4 Å². The smallest absolute Gasteiger partial charge is 0.119 e. The van der Waals surface area contributed by atoms with Crippen molar-refractivity contribution >= 4 is 10.9 Å². The molecule has 0 aliphatic carbocycles. The number of methoxy groups -OCH3 is 1. The molecule has 25 heavy (non-hydrogen) atoms. The molecule has 0 N–H and O–H groups in total. The Morgan fingerprint density at radius 2 is 2.00 bits per heavy atom. The van der Waals surface area contributed by atoms with Gasteiger partial charge < -0.3 is 9.30 Å². The Bertz CT molecular complexity index is 885. The predicted octanol–water partition coefficient (Wildman–Crippen LogP) is 3.84. The number of hydrogen-bond donors (Lipinski definition) is 0. The third-order valence-electron chi connectivity index (χ3n) is 5.58. The van der Waals surface area contributed by atoms with E-state index in [1.165, 1.54) is 27.7 Å². The van der Waals surface area contributed by atoms with Crippen molar-refractivity contribution < 1.29 is 4.74 Å². The molecule has 1 unspecified atom stereocenters. The van der Waals surface area contributed by atoms with Crippen LogP contribution in [0.25, 0.3) is 10.9 Å². The van der Waals surface area contributed by atoms with Crippen molar-refractivity contribution in [3.05, 3.63) is 59.5 Å². The fourth-order valence-corrected chi connectivity index (χ4v) is 4.02. The van der Waals surface area contributed by atoms with E-state index >= 15 is 0 Å². The van der Waals surface area contributed by atoms with Gasteiger partial charge in [-0.05, 0) is 61.9 Å². The van der Waals surface area contributed by atoms with E-state index in [-0.39, 0.29) is 0 Å². The number of aryl methyl sites for hydroxylation is 2. The van der Waals surface area contributed by atoms with Crippen LogP contribution in [-0.4, -0.2) is 35.2 Å². The summed E-state index contributed by atoms with van der Waals surface area (Å²) in [6, 6.07) is 11.1. The molecular weight excluding hydrogens is 310 g/mol. The van der Waals surface area contributed by atoms with Gasteiger partial charge in [0.1, 0.15) is 5.75 Å². The molecule has 0 spiro atoms. The van der Waals surface area contributed by atoms with E-state index in [0.29, 0.717) is 6.04 Å². The molecule has 3 heterocycles. The zero-order chi connectivity index (χ0) is 17.4. The SMILES string of the molecule is COc1ccc2c(c1)c1c(n2CCc2ccncc2)CCN(C)C1C. The van der Waals surface area contributed by atoms with Crippen molar-refractivity contribution in [1.29, 1.82) is 0 Å². The highest BCUT2D eigenvalue weighted by atomic mass is 16.5. The summed E-state index contributed by atoms with van der Waals surface area (Å²) in [5, 5.41) is 1.34. The lowest BCUT2D eigenvalue weighted by molar-refractivity contribution is 0.245. The van der Waals surface area contributed by atoms with Crippen molar-refractivity contribution in [1.82, 2.24) is 14.5 Å². The molecule has 1 aliphatic heterocycles. The lowest BCUT2D eigenvalue weighted by Crippen LogP contribution is -2.31. The number of hydrogen-bond acceptors (Lipinski definition) is 3. The molecule has 0 saturated carbocycles. The number of aromatic nitrogens is 2. The predicted molar refractivity (Wildman–Crippen MR) is 101 cm³/mol. The molecule has 1 aromatic carbocycles. The van der Waals surface area contributed by atoms with Crippen molar-refractivity contribution in [2.75, 3.05) is 20.7 Å². The van der Waals surface area contributed by atoms with E-state index in [9.17, 15) is 0 Å². The molecule has 1 aliphatic rings. The zero-order valence-electron chi connectivity index (χ0n) is 15.2. The van der Waals surface area contributed by atoms with E-state index < -0.39 is 0 Å². The zero-order valence-corrected chi connectivity index (χ0v) is 15.2. The second-order valence-electron chi connectivity index (χ2n) is 6.91. The summed E-state index contributed by atoms with van der Waals surface area (Å²) >= 11 is 0. The molecule has 0 saturated heterocycles. The fourth-order valence-electron chi connectivity index (χ4n) is 4.02. The fraction of sp³-hybridized carbons (Fsp3) is 0.381. The number of pyridine rings is 1. The summed E-state index contributed by atoms with van der Waals surface area (Å²) in [7, 11) is 3.96. The van der Waals surface area contributed by atoms with Crippen LogP contribution in [0, 0.1) is 0 Å². The monoisotopic (exact) mass is 335 g/mol. The summed E-state index contributed by atoms with van der Waals surface area (Å²) in [5.41, 5.74) is 5.61. The molecule has 0 radical (unpaired) electrons. The third-order valence-corrected chi connectivity index (χ3v) is 5.58. The van der Waals surface area contributed by atoms with Crippen LogP contribution in [0.5, 0.6) is 5.75 Å². The standard InChI is InChI=1S/C21H25N3O/c1-15-21-18-14-17(25-3)4-5-19(18)24(20(21)9-12-23(15)2)13-8-16-6-10-22-11-7-16/h4-7,10-11,14-15H,8-9,12-13H2,1-3H3. The van der Waals surface area contributed by atoms with Gasteiger partial charge in [-0.25, -0.2) is 0 Å². The molecule has 2 aromatic heterocycles. The Morgan fingerprint density at radius 1 is 1.20 bits per heavy atom. The van der Waals surface area contributed by atoms with Crippen LogP contribution < -0.4 is 4.74 Å². The van der Waals surface area contributed by atoms with Gasteiger partial charge >= 0.3 is 0 Å². The average molecular weight is 335 g/mol. The average Bonchev–Trinajstić information content (AvgIpc) is 2.97. The molecule has 4 rings (SSSR count). The number of rotatable bonds is 4. The highest BCUT2D eigenvalue weighted by molar-refractivity contribution is 5.87. The van der Waals surface area contributed by atoms with Crippen molar-refractivity contribution in [2.45, 2.75) is 32.4 Å². The maximum atomic E-state index is 5.48. The summed E-state index contributed by atoms with van der Waals surface area (Å²) in [6.45, 7) is 4.42. The lowest BCUT2D eigenvalue weighted by atomic mass is 9.97. The van der Waals surface area contributed by atoms with Crippen LogP contribution in [0.1, 0.15) is 29.8 Å². The first-order valence-electron chi connectivity index (χ1n) is 8.97. The summed E-state index contributed by atoms with van der Waals surface area (Å²) < 4.78 is 8.01. The molecule has 0 fully saturated rings. The lowest BCUT2D eigenvalue weighted by Gasteiger charge is -2.31. The Labute approximate surface area is 149 Å². The Hall–Kier alpha value is -2.33. The van der Waals surface area contributed by atoms with Crippen LogP contribution in [0.4, 0.5) is 0 Å². The molecular formula is C21H25N3O. The molecule has 3 aromatic rings. The maximum absolute atomic E-state index is 5.48. The summed E-state index contributed by atoms with van der Waals surface area (Å²) in [5.74, 6) is 0.932. The van der Waals surface area contributed by atoms with Crippen molar-refractivity contribution in [2.24, 2.45) is 0 Å². The van der Waals surface area contributed by atoms with Crippen LogP contribution in [0.15, 0.2) is 42.7 Å². The van der Waals surface area contributed by atoms with Gasteiger partial charge in [0.15, 0.2) is 0 Å². The van der Waals surface area contributed by atoms with E-state index in [1.807, 2.05) is 12.4 Å². The highest BCUT2D eigenvalue weighted by Gasteiger charge is 2.28. The Morgan fingerprint density at radius 3 is 2.76 bits per heavy atom. The highest BCUT2D eigenvalue weighted by Crippen LogP contribution is 2.38. The topological polar surface area (TPSA) is 30.3 Å². The maximum Gasteiger partial charge on any atom is 0.119 e. The summed E-state index contributed by atoms with van der Waals surface area (Å²) in [4.78, 5) is 6.56. The quantitative estimate of drug-likeness (QED) is 0.726. The molecule has 0 bridgehead atoms. The van der Waals surface area contributed by atoms with E-state index in [0.717, 1.165) is 31.7 Å². The first-order valence-corrected chi connectivity index (χ1v) is 8.97. The largest absolute Gasteiger partial charge is 0.497 e. The van der Waals surface area contributed by atoms with Crippen molar-refractivity contribution in [3.8, 4) is 5.75 Å².